The molecule has 0 aliphatic heterocycles. The van der Waals surface area contributed by atoms with E-state index in [0.29, 0.717) is 11.6 Å². The average molecular weight is 435 g/mol. The summed E-state index contributed by atoms with van der Waals surface area (Å²) in [4.78, 5) is 2.07. The van der Waals surface area contributed by atoms with Crippen LogP contribution >= 0.6 is 23.4 Å². The van der Waals surface area contributed by atoms with Crippen molar-refractivity contribution < 1.29 is 9.13 Å². The van der Waals surface area contributed by atoms with Gasteiger partial charge >= 0.3 is 0 Å². The average Bonchev–Trinajstić information content (AvgIpc) is 3.12. The number of thioether (sulfide) groups is 1. The lowest BCUT2D eigenvalue weighted by molar-refractivity contribution is 0.305. The van der Waals surface area contributed by atoms with Crippen LogP contribution in [-0.4, -0.2) is 46.1 Å². The summed E-state index contributed by atoms with van der Waals surface area (Å²) < 4.78 is 21.1. The van der Waals surface area contributed by atoms with E-state index in [1.807, 2.05) is 42.9 Å². The van der Waals surface area contributed by atoms with Gasteiger partial charge in [-0.05, 0) is 76.0 Å². The maximum absolute atomic E-state index is 13.4. The predicted octanol–water partition coefficient (Wildman–Crippen LogP) is 5.24. The van der Waals surface area contributed by atoms with Crippen LogP contribution in [0.25, 0.3) is 5.69 Å². The minimum atomic E-state index is -0.266. The van der Waals surface area contributed by atoms with Gasteiger partial charge in [0, 0.05) is 16.5 Å². The van der Waals surface area contributed by atoms with Crippen molar-refractivity contribution in [2.45, 2.75) is 24.5 Å². The summed E-state index contributed by atoms with van der Waals surface area (Å²) in [5.41, 5.74) is 0.847. The third-order valence-electron chi connectivity index (χ3n) is 4.49. The first kappa shape index (κ1) is 21.6. The molecular weight excluding hydrogens is 411 g/mol. The van der Waals surface area contributed by atoms with Gasteiger partial charge in [0.1, 0.15) is 11.6 Å². The molecule has 0 spiro atoms. The SMILES string of the molecule is CC(c1nnc(SCCCOc2ccc(Cl)cc2)n1-c1ccc(F)cc1)N(C)C. The van der Waals surface area contributed by atoms with Gasteiger partial charge in [-0.15, -0.1) is 10.2 Å². The smallest absolute Gasteiger partial charge is 0.195 e. The molecule has 0 bridgehead atoms. The second-order valence-corrected chi connectivity index (χ2v) is 8.30. The van der Waals surface area contributed by atoms with Crippen LogP contribution < -0.4 is 4.74 Å². The van der Waals surface area contributed by atoms with Crippen molar-refractivity contribution in [1.29, 1.82) is 0 Å². The molecule has 8 heteroatoms. The summed E-state index contributed by atoms with van der Waals surface area (Å²) in [6.07, 6.45) is 0.849. The Labute approximate surface area is 179 Å². The monoisotopic (exact) mass is 434 g/mol. The molecule has 0 aliphatic carbocycles. The number of hydrogen-bond donors (Lipinski definition) is 0. The Morgan fingerprint density at radius 1 is 1.10 bits per heavy atom. The molecule has 1 heterocycles. The summed E-state index contributed by atoms with van der Waals surface area (Å²) in [5, 5.41) is 10.3. The maximum atomic E-state index is 13.4. The summed E-state index contributed by atoms with van der Waals surface area (Å²) in [6.45, 7) is 2.67. The molecule has 3 aromatic rings. The molecule has 0 saturated carbocycles. The van der Waals surface area contributed by atoms with Crippen LogP contribution in [-0.2, 0) is 0 Å². The fourth-order valence-corrected chi connectivity index (χ4v) is 3.65. The first-order valence-corrected chi connectivity index (χ1v) is 10.7. The summed E-state index contributed by atoms with van der Waals surface area (Å²) in [5.74, 6) is 2.18. The van der Waals surface area contributed by atoms with E-state index >= 15 is 0 Å². The normalized spacial score (nSPS) is 12.3. The van der Waals surface area contributed by atoms with E-state index in [2.05, 4.69) is 22.0 Å². The minimum Gasteiger partial charge on any atom is -0.494 e. The third-order valence-corrected chi connectivity index (χ3v) is 5.76. The zero-order valence-corrected chi connectivity index (χ0v) is 18.3. The number of aromatic nitrogens is 3. The minimum absolute atomic E-state index is 0.0649. The molecule has 2 aromatic carbocycles. The van der Waals surface area contributed by atoms with E-state index in [4.69, 9.17) is 16.3 Å². The van der Waals surface area contributed by atoms with Gasteiger partial charge in [-0.1, -0.05) is 23.4 Å². The summed E-state index contributed by atoms with van der Waals surface area (Å²) in [7, 11) is 3.99. The molecule has 0 fully saturated rings. The van der Waals surface area contributed by atoms with Crippen molar-refractivity contribution >= 4 is 23.4 Å². The first-order valence-electron chi connectivity index (χ1n) is 9.34. The van der Waals surface area contributed by atoms with Crippen molar-refractivity contribution in [2.75, 3.05) is 26.5 Å². The van der Waals surface area contributed by atoms with Gasteiger partial charge < -0.3 is 4.74 Å². The van der Waals surface area contributed by atoms with Crippen LogP contribution in [0.2, 0.25) is 5.02 Å². The number of rotatable bonds is 9. The molecule has 3 rings (SSSR count). The largest absolute Gasteiger partial charge is 0.494 e. The van der Waals surface area contributed by atoms with Crippen LogP contribution in [0.4, 0.5) is 4.39 Å². The Morgan fingerprint density at radius 2 is 1.79 bits per heavy atom. The van der Waals surface area contributed by atoms with Crippen molar-refractivity contribution in [1.82, 2.24) is 19.7 Å². The van der Waals surface area contributed by atoms with Crippen LogP contribution in [0.15, 0.2) is 53.7 Å². The van der Waals surface area contributed by atoms with Gasteiger partial charge in [-0.3, -0.25) is 9.47 Å². The maximum Gasteiger partial charge on any atom is 0.195 e. The van der Waals surface area contributed by atoms with Crippen LogP contribution in [0.3, 0.4) is 0 Å². The van der Waals surface area contributed by atoms with E-state index in [1.54, 1.807) is 23.9 Å². The van der Waals surface area contributed by atoms with Gasteiger partial charge in [0.2, 0.25) is 0 Å². The molecule has 154 valence electrons. The Balaban J connectivity index is 1.66. The molecule has 0 saturated heterocycles. The lowest BCUT2D eigenvalue weighted by Crippen LogP contribution is -2.20. The van der Waals surface area contributed by atoms with E-state index < -0.39 is 0 Å². The van der Waals surface area contributed by atoms with Gasteiger partial charge in [0.15, 0.2) is 11.0 Å². The zero-order chi connectivity index (χ0) is 20.8. The number of halogens is 2. The lowest BCUT2D eigenvalue weighted by Gasteiger charge is -2.20. The molecule has 1 unspecified atom stereocenters. The number of hydrogen-bond acceptors (Lipinski definition) is 5. The lowest BCUT2D eigenvalue weighted by atomic mass is 10.2. The van der Waals surface area contributed by atoms with Gasteiger partial charge in [0.05, 0.1) is 12.6 Å². The number of benzene rings is 2. The molecule has 0 amide bonds. The fourth-order valence-electron chi connectivity index (χ4n) is 2.65. The highest BCUT2D eigenvalue weighted by Gasteiger charge is 2.20. The Bertz CT molecular complexity index is 915. The highest BCUT2D eigenvalue weighted by molar-refractivity contribution is 7.99. The molecular formula is C21H24ClFN4OS. The van der Waals surface area contributed by atoms with E-state index in [-0.39, 0.29) is 11.9 Å². The van der Waals surface area contributed by atoms with Gasteiger partial charge in [-0.2, -0.15) is 0 Å². The quantitative estimate of drug-likeness (QED) is 0.340. The first-order chi connectivity index (χ1) is 14.0. The Morgan fingerprint density at radius 3 is 2.45 bits per heavy atom. The van der Waals surface area contributed by atoms with E-state index in [1.165, 1.54) is 12.1 Å². The molecule has 1 aromatic heterocycles. The second kappa shape index (κ2) is 10.1. The Kier molecular flexibility index (Phi) is 7.52. The zero-order valence-electron chi connectivity index (χ0n) is 16.7. The number of ether oxygens (including phenoxy) is 1. The van der Waals surface area contributed by atoms with E-state index in [9.17, 15) is 4.39 Å². The van der Waals surface area contributed by atoms with Crippen LogP contribution in [0.5, 0.6) is 5.75 Å². The van der Waals surface area contributed by atoms with Crippen molar-refractivity contribution in [3.05, 3.63) is 65.2 Å². The molecule has 29 heavy (non-hydrogen) atoms. The Hall–Kier alpha value is -2.09. The van der Waals surface area contributed by atoms with Crippen LogP contribution in [0.1, 0.15) is 25.2 Å². The molecule has 1 atom stereocenters. The highest BCUT2D eigenvalue weighted by Crippen LogP contribution is 2.27. The third kappa shape index (κ3) is 5.72. The fraction of sp³-hybridized carbons (Fsp3) is 0.333. The highest BCUT2D eigenvalue weighted by atomic mass is 35.5. The standard InChI is InChI=1S/C21H24ClFN4OS/c1-15(26(2)3)20-24-25-21(27(20)18-9-7-17(23)8-10-18)29-14-4-13-28-19-11-5-16(22)6-12-19/h5-12,15H,4,13-14H2,1-3H3. The summed E-state index contributed by atoms with van der Waals surface area (Å²) >= 11 is 7.49. The molecule has 0 aliphatic rings. The summed E-state index contributed by atoms with van der Waals surface area (Å²) in [6, 6.07) is 13.8. The van der Waals surface area contributed by atoms with Crippen molar-refractivity contribution in [2.24, 2.45) is 0 Å². The molecule has 5 nitrogen and oxygen atoms in total. The van der Waals surface area contributed by atoms with E-state index in [0.717, 1.165) is 34.6 Å². The predicted molar refractivity (Wildman–Crippen MR) is 116 cm³/mol. The second-order valence-electron chi connectivity index (χ2n) is 6.80. The van der Waals surface area contributed by atoms with Gasteiger partial charge in [-0.25, -0.2) is 4.39 Å². The van der Waals surface area contributed by atoms with Gasteiger partial charge in [0.25, 0.3) is 0 Å². The topological polar surface area (TPSA) is 43.2 Å². The van der Waals surface area contributed by atoms with Crippen molar-refractivity contribution in [3.63, 3.8) is 0 Å². The van der Waals surface area contributed by atoms with Crippen molar-refractivity contribution in [3.8, 4) is 11.4 Å². The van der Waals surface area contributed by atoms with Crippen LogP contribution in [0, 0.1) is 5.82 Å². The number of nitrogens with zero attached hydrogens (tertiary/aromatic N) is 4. The molecule has 0 radical (unpaired) electrons. The molecule has 0 N–H and O–H groups in total.